The first kappa shape index (κ1) is 17.7. The molecule has 0 spiro atoms. The van der Waals surface area contributed by atoms with Gasteiger partial charge in [0.2, 0.25) is 6.23 Å². The van der Waals surface area contributed by atoms with Crippen LogP contribution in [0.1, 0.15) is 30.9 Å². The lowest BCUT2D eigenvalue weighted by Gasteiger charge is -2.26. The Balaban J connectivity index is 1.48. The second kappa shape index (κ2) is 6.62. The first-order valence-electron chi connectivity index (χ1n) is 9.86. The van der Waals surface area contributed by atoms with E-state index in [1.807, 2.05) is 56.3 Å². The lowest BCUT2D eigenvalue weighted by Crippen LogP contribution is -2.36. The van der Waals surface area contributed by atoms with E-state index in [4.69, 9.17) is 4.74 Å². The van der Waals surface area contributed by atoms with Crippen molar-refractivity contribution in [1.82, 2.24) is 5.32 Å². The zero-order valence-electron chi connectivity index (χ0n) is 16.4. The molecule has 1 saturated heterocycles. The smallest absolute Gasteiger partial charge is 0.257 e. The predicted molar refractivity (Wildman–Crippen MR) is 110 cm³/mol. The van der Waals surface area contributed by atoms with E-state index in [0.717, 1.165) is 17.7 Å². The molecule has 3 unspecified atom stereocenters. The maximum absolute atomic E-state index is 12.8. The maximum Gasteiger partial charge on any atom is 0.257 e. The van der Waals surface area contributed by atoms with Gasteiger partial charge in [0.25, 0.3) is 11.8 Å². The van der Waals surface area contributed by atoms with Crippen LogP contribution < -0.4 is 10.2 Å². The van der Waals surface area contributed by atoms with E-state index < -0.39 is 6.23 Å². The second-order valence-corrected chi connectivity index (χ2v) is 7.84. The highest BCUT2D eigenvalue weighted by Crippen LogP contribution is 2.42. The van der Waals surface area contributed by atoms with Gasteiger partial charge in [0.05, 0.1) is 11.8 Å². The Hall–Kier alpha value is -3.34. The highest BCUT2D eigenvalue weighted by molar-refractivity contribution is 6.09. The van der Waals surface area contributed by atoms with Crippen LogP contribution in [0.15, 0.2) is 77.6 Å². The zero-order chi connectivity index (χ0) is 20.1. The van der Waals surface area contributed by atoms with Crippen LogP contribution in [0.4, 0.5) is 5.69 Å². The Kier molecular flexibility index (Phi) is 4.05. The van der Waals surface area contributed by atoms with Crippen molar-refractivity contribution >= 4 is 17.5 Å². The minimum absolute atomic E-state index is 0.00800. The molecule has 1 fully saturated rings. The number of fused-ring (bicyclic) bond motifs is 3. The molecule has 5 nitrogen and oxygen atoms in total. The summed E-state index contributed by atoms with van der Waals surface area (Å²) in [6.45, 7) is 3.72. The molecule has 0 aromatic heterocycles. The van der Waals surface area contributed by atoms with Gasteiger partial charge < -0.3 is 10.1 Å². The van der Waals surface area contributed by atoms with Crippen LogP contribution in [-0.2, 0) is 20.7 Å². The van der Waals surface area contributed by atoms with Crippen molar-refractivity contribution in [2.75, 3.05) is 4.90 Å². The number of hydrogen-bond acceptors (Lipinski definition) is 3. The van der Waals surface area contributed by atoms with Crippen LogP contribution >= 0.6 is 0 Å². The van der Waals surface area contributed by atoms with Gasteiger partial charge in [-0.05, 0) is 49.1 Å². The van der Waals surface area contributed by atoms with Gasteiger partial charge >= 0.3 is 0 Å². The third-order valence-corrected chi connectivity index (χ3v) is 6.24. The molecule has 2 aromatic rings. The van der Waals surface area contributed by atoms with Gasteiger partial charge in [-0.15, -0.1) is 0 Å². The molecule has 3 aliphatic rings. The Morgan fingerprint density at radius 2 is 1.76 bits per heavy atom. The van der Waals surface area contributed by atoms with Crippen molar-refractivity contribution in [3.05, 3.63) is 88.7 Å². The molecular weight excluding hydrogens is 364 g/mol. The van der Waals surface area contributed by atoms with Crippen LogP contribution in [0.3, 0.4) is 0 Å². The molecule has 1 N–H and O–H groups in total. The summed E-state index contributed by atoms with van der Waals surface area (Å²) in [7, 11) is 0. The molecule has 5 heteroatoms. The summed E-state index contributed by atoms with van der Waals surface area (Å²) in [6.07, 6.45) is 1.85. The van der Waals surface area contributed by atoms with Crippen molar-refractivity contribution in [2.45, 2.75) is 38.5 Å². The molecule has 3 atom stereocenters. The number of nitrogens with zero attached hydrogens (tertiary/aromatic N) is 1. The van der Waals surface area contributed by atoms with E-state index >= 15 is 0 Å². The molecule has 2 aliphatic heterocycles. The number of benzene rings is 2. The van der Waals surface area contributed by atoms with Gasteiger partial charge in [0.15, 0.2) is 0 Å². The van der Waals surface area contributed by atoms with Crippen molar-refractivity contribution in [3.63, 3.8) is 0 Å². The Bertz CT molecular complexity index is 1070. The van der Waals surface area contributed by atoms with Gasteiger partial charge in [0, 0.05) is 23.2 Å². The summed E-state index contributed by atoms with van der Waals surface area (Å²) in [6, 6.07) is 17.8. The van der Waals surface area contributed by atoms with Crippen molar-refractivity contribution in [2.24, 2.45) is 0 Å². The third-order valence-electron chi connectivity index (χ3n) is 6.24. The number of rotatable bonds is 3. The van der Waals surface area contributed by atoms with Crippen molar-refractivity contribution in [3.8, 4) is 0 Å². The fourth-order valence-electron chi connectivity index (χ4n) is 4.61. The molecule has 0 radical (unpaired) electrons. The van der Waals surface area contributed by atoms with E-state index in [1.54, 1.807) is 11.2 Å². The van der Waals surface area contributed by atoms with E-state index in [1.165, 1.54) is 11.1 Å². The van der Waals surface area contributed by atoms with Gasteiger partial charge in [-0.25, -0.2) is 0 Å². The normalized spacial score (nSPS) is 26.8. The van der Waals surface area contributed by atoms with Crippen LogP contribution in [0.5, 0.6) is 0 Å². The van der Waals surface area contributed by atoms with Crippen molar-refractivity contribution < 1.29 is 14.3 Å². The van der Waals surface area contributed by atoms with Crippen LogP contribution in [0.25, 0.3) is 0 Å². The van der Waals surface area contributed by atoms with E-state index in [9.17, 15) is 9.59 Å². The number of para-hydroxylation sites is 1. The van der Waals surface area contributed by atoms with Crippen LogP contribution in [0.2, 0.25) is 0 Å². The topological polar surface area (TPSA) is 58.6 Å². The average Bonchev–Trinajstić information content (AvgIpc) is 3.31. The van der Waals surface area contributed by atoms with E-state index in [0.29, 0.717) is 11.1 Å². The first-order valence-corrected chi connectivity index (χ1v) is 9.86. The number of carbonyl (C=O) groups is 2. The molecule has 29 heavy (non-hydrogen) atoms. The Labute approximate surface area is 169 Å². The van der Waals surface area contributed by atoms with Gasteiger partial charge in [-0.1, -0.05) is 42.5 Å². The van der Waals surface area contributed by atoms with Crippen LogP contribution in [-0.4, -0.2) is 24.1 Å². The lowest BCUT2D eigenvalue weighted by molar-refractivity contribution is -0.116. The number of anilines is 1. The molecule has 0 saturated carbocycles. The lowest BCUT2D eigenvalue weighted by atomic mass is 9.94. The summed E-state index contributed by atoms with van der Waals surface area (Å²) in [5, 5.41) is 3.08. The molecule has 146 valence electrons. The minimum atomic E-state index is -0.555. The SMILES string of the molecule is CC1=C(C)C(O/C=C2/C(=O)NC3Cc4ccccc4C23)N(c2ccccc2)C1=O. The quantitative estimate of drug-likeness (QED) is 0.649. The third kappa shape index (κ3) is 2.69. The Morgan fingerprint density at radius 1 is 1.03 bits per heavy atom. The molecule has 0 bridgehead atoms. The monoisotopic (exact) mass is 386 g/mol. The summed E-state index contributed by atoms with van der Waals surface area (Å²) in [5.74, 6) is -0.174. The zero-order valence-corrected chi connectivity index (χ0v) is 16.4. The average molecular weight is 386 g/mol. The largest absolute Gasteiger partial charge is 0.473 e. The summed E-state index contributed by atoms with van der Waals surface area (Å²) in [4.78, 5) is 27.1. The molecule has 2 heterocycles. The van der Waals surface area contributed by atoms with E-state index in [-0.39, 0.29) is 23.8 Å². The van der Waals surface area contributed by atoms with Crippen LogP contribution in [0, 0.1) is 0 Å². The Morgan fingerprint density at radius 3 is 2.55 bits per heavy atom. The minimum Gasteiger partial charge on any atom is -0.473 e. The first-order chi connectivity index (χ1) is 14.1. The van der Waals surface area contributed by atoms with Gasteiger partial charge in [-0.2, -0.15) is 0 Å². The number of amides is 2. The van der Waals surface area contributed by atoms with Crippen molar-refractivity contribution in [1.29, 1.82) is 0 Å². The predicted octanol–water partition coefficient (Wildman–Crippen LogP) is 3.43. The fourth-order valence-corrected chi connectivity index (χ4v) is 4.61. The number of ether oxygens (including phenoxy) is 1. The summed E-state index contributed by atoms with van der Waals surface area (Å²) >= 11 is 0. The number of hydrogen-bond donors (Lipinski definition) is 1. The molecule has 2 aromatic carbocycles. The van der Waals surface area contributed by atoms with E-state index in [2.05, 4.69) is 17.4 Å². The second-order valence-electron chi connectivity index (χ2n) is 7.84. The molecular formula is C24H22N2O3. The maximum atomic E-state index is 12.8. The van der Waals surface area contributed by atoms with Gasteiger partial charge in [-0.3, -0.25) is 14.5 Å². The summed E-state index contributed by atoms with van der Waals surface area (Å²) < 4.78 is 6.12. The fraction of sp³-hybridized carbons (Fsp3) is 0.250. The molecule has 5 rings (SSSR count). The summed E-state index contributed by atoms with van der Waals surface area (Å²) in [5.41, 5.74) is 5.38. The standard InChI is InChI=1S/C24H22N2O3/c1-14-15(2)24(26(23(14)28)17-9-4-3-5-10-17)29-13-19-21-18-11-7-6-8-16(18)12-20(21)25-22(19)27/h3-11,13,20-21,24H,12H2,1-2H3,(H,25,27)/b19-13+. The number of carbonyl (C=O) groups excluding carboxylic acids is 2. The molecule has 2 amide bonds. The van der Waals surface area contributed by atoms with Gasteiger partial charge in [0.1, 0.15) is 0 Å². The number of nitrogens with one attached hydrogen (secondary N) is 1. The molecule has 1 aliphatic carbocycles. The highest BCUT2D eigenvalue weighted by Gasteiger charge is 2.44. The highest BCUT2D eigenvalue weighted by atomic mass is 16.5.